The standard InChI is InChI=1S/C18H26N2O2/c1-12-7-13(2)9-14(8-12)11-19-18(21)20-16-3-4-17-15(10-16)5-6-22-17/h3-4,10,12-14H,5-9,11H2,1-2H3,(H2,19,20,21). The summed E-state index contributed by atoms with van der Waals surface area (Å²) in [7, 11) is 0. The molecule has 0 spiro atoms. The second-order valence-electron chi connectivity index (χ2n) is 7.04. The van der Waals surface area contributed by atoms with E-state index in [1.165, 1.54) is 24.8 Å². The SMILES string of the molecule is CC1CC(C)CC(CNC(=O)Nc2ccc3c(c2)CCO3)C1. The van der Waals surface area contributed by atoms with E-state index in [1.807, 2.05) is 18.2 Å². The minimum absolute atomic E-state index is 0.107. The van der Waals surface area contributed by atoms with Gasteiger partial charge in [0.05, 0.1) is 6.61 Å². The number of rotatable bonds is 3. The molecule has 22 heavy (non-hydrogen) atoms. The van der Waals surface area contributed by atoms with Gasteiger partial charge in [-0.3, -0.25) is 0 Å². The van der Waals surface area contributed by atoms with Crippen LogP contribution in [0.3, 0.4) is 0 Å². The molecule has 0 saturated heterocycles. The Hall–Kier alpha value is -1.71. The summed E-state index contributed by atoms with van der Waals surface area (Å²) in [5.74, 6) is 3.10. The van der Waals surface area contributed by atoms with Crippen LogP contribution in [0.2, 0.25) is 0 Å². The Balaban J connectivity index is 1.48. The Morgan fingerprint density at radius 3 is 2.77 bits per heavy atom. The minimum atomic E-state index is -0.107. The summed E-state index contributed by atoms with van der Waals surface area (Å²) in [6, 6.07) is 5.73. The van der Waals surface area contributed by atoms with Gasteiger partial charge in [0.1, 0.15) is 5.75 Å². The molecule has 2 amide bonds. The van der Waals surface area contributed by atoms with Gasteiger partial charge in [-0.1, -0.05) is 13.8 Å². The highest BCUT2D eigenvalue weighted by molar-refractivity contribution is 5.89. The fraction of sp³-hybridized carbons (Fsp3) is 0.611. The van der Waals surface area contributed by atoms with E-state index >= 15 is 0 Å². The summed E-state index contributed by atoms with van der Waals surface area (Å²) in [6.07, 6.45) is 4.69. The zero-order valence-electron chi connectivity index (χ0n) is 13.5. The van der Waals surface area contributed by atoms with Gasteiger partial charge in [0, 0.05) is 18.7 Å². The Labute approximate surface area is 132 Å². The summed E-state index contributed by atoms with van der Waals surface area (Å²) >= 11 is 0. The molecule has 1 heterocycles. The summed E-state index contributed by atoms with van der Waals surface area (Å²) < 4.78 is 5.48. The molecule has 0 radical (unpaired) electrons. The first kappa shape index (κ1) is 15.2. The van der Waals surface area contributed by atoms with E-state index in [9.17, 15) is 4.79 Å². The molecule has 0 aromatic heterocycles. The van der Waals surface area contributed by atoms with Gasteiger partial charge in [-0.25, -0.2) is 4.79 Å². The van der Waals surface area contributed by atoms with Crippen molar-refractivity contribution in [2.24, 2.45) is 17.8 Å². The van der Waals surface area contributed by atoms with E-state index in [2.05, 4.69) is 24.5 Å². The van der Waals surface area contributed by atoms with E-state index in [0.29, 0.717) is 5.92 Å². The fourth-order valence-electron chi connectivity index (χ4n) is 3.96. The smallest absolute Gasteiger partial charge is 0.319 e. The summed E-state index contributed by atoms with van der Waals surface area (Å²) in [4.78, 5) is 12.1. The number of hydrogen-bond donors (Lipinski definition) is 2. The minimum Gasteiger partial charge on any atom is -0.493 e. The second-order valence-corrected chi connectivity index (χ2v) is 7.04. The molecule has 120 valence electrons. The van der Waals surface area contributed by atoms with Crippen LogP contribution in [0, 0.1) is 17.8 Å². The van der Waals surface area contributed by atoms with Gasteiger partial charge in [-0.15, -0.1) is 0 Å². The van der Waals surface area contributed by atoms with Gasteiger partial charge >= 0.3 is 6.03 Å². The summed E-state index contributed by atoms with van der Waals surface area (Å²) in [6.45, 7) is 6.14. The van der Waals surface area contributed by atoms with Crippen molar-refractivity contribution in [3.05, 3.63) is 23.8 Å². The lowest BCUT2D eigenvalue weighted by Crippen LogP contribution is -2.35. The first-order valence-electron chi connectivity index (χ1n) is 8.40. The van der Waals surface area contributed by atoms with Gasteiger partial charge in [-0.2, -0.15) is 0 Å². The molecule has 1 saturated carbocycles. The van der Waals surface area contributed by atoms with Crippen LogP contribution < -0.4 is 15.4 Å². The highest BCUT2D eigenvalue weighted by Gasteiger charge is 2.24. The van der Waals surface area contributed by atoms with Gasteiger partial charge in [-0.05, 0) is 60.8 Å². The Morgan fingerprint density at radius 2 is 2.00 bits per heavy atom. The van der Waals surface area contributed by atoms with Gasteiger partial charge in [0.2, 0.25) is 0 Å². The van der Waals surface area contributed by atoms with Crippen molar-refractivity contribution in [1.82, 2.24) is 5.32 Å². The monoisotopic (exact) mass is 302 g/mol. The molecule has 2 unspecified atom stereocenters. The number of benzene rings is 1. The van der Waals surface area contributed by atoms with E-state index in [1.54, 1.807) is 0 Å². The van der Waals surface area contributed by atoms with E-state index in [0.717, 1.165) is 42.8 Å². The normalized spacial score (nSPS) is 26.9. The molecule has 4 heteroatoms. The number of urea groups is 1. The highest BCUT2D eigenvalue weighted by atomic mass is 16.5. The van der Waals surface area contributed by atoms with Crippen LogP contribution in [0.15, 0.2) is 18.2 Å². The van der Waals surface area contributed by atoms with Crippen LogP contribution in [0.25, 0.3) is 0 Å². The van der Waals surface area contributed by atoms with Crippen molar-refractivity contribution in [1.29, 1.82) is 0 Å². The van der Waals surface area contributed by atoms with Crippen LogP contribution in [-0.2, 0) is 6.42 Å². The molecular weight excluding hydrogens is 276 g/mol. The molecular formula is C18H26N2O2. The summed E-state index contributed by atoms with van der Waals surface area (Å²) in [5.41, 5.74) is 2.01. The number of anilines is 1. The third-order valence-electron chi connectivity index (χ3n) is 4.77. The topological polar surface area (TPSA) is 50.4 Å². The van der Waals surface area contributed by atoms with Crippen molar-refractivity contribution in [2.75, 3.05) is 18.5 Å². The number of ether oxygens (including phenoxy) is 1. The predicted molar refractivity (Wildman–Crippen MR) is 88.3 cm³/mol. The average molecular weight is 302 g/mol. The van der Waals surface area contributed by atoms with Crippen LogP contribution in [-0.4, -0.2) is 19.2 Å². The maximum atomic E-state index is 12.1. The maximum absolute atomic E-state index is 12.1. The Bertz CT molecular complexity index is 534. The molecule has 3 rings (SSSR count). The third kappa shape index (κ3) is 3.73. The van der Waals surface area contributed by atoms with E-state index in [-0.39, 0.29) is 6.03 Å². The van der Waals surface area contributed by atoms with Gasteiger partial charge in [0.15, 0.2) is 0 Å². The molecule has 1 aromatic rings. The largest absolute Gasteiger partial charge is 0.493 e. The summed E-state index contributed by atoms with van der Waals surface area (Å²) in [5, 5.41) is 5.96. The number of amides is 2. The molecule has 4 nitrogen and oxygen atoms in total. The second kappa shape index (κ2) is 6.59. The van der Waals surface area contributed by atoms with Crippen molar-refractivity contribution in [2.45, 2.75) is 39.5 Å². The van der Waals surface area contributed by atoms with Gasteiger partial charge in [0.25, 0.3) is 0 Å². The Kier molecular flexibility index (Phi) is 4.55. The zero-order chi connectivity index (χ0) is 15.5. The number of hydrogen-bond acceptors (Lipinski definition) is 2. The average Bonchev–Trinajstić information content (AvgIpc) is 2.92. The molecule has 1 aliphatic heterocycles. The van der Waals surface area contributed by atoms with Gasteiger partial charge < -0.3 is 15.4 Å². The lowest BCUT2D eigenvalue weighted by atomic mass is 9.77. The molecule has 2 aliphatic rings. The molecule has 1 aliphatic carbocycles. The highest BCUT2D eigenvalue weighted by Crippen LogP contribution is 2.32. The fourth-order valence-corrected chi connectivity index (χ4v) is 3.96. The van der Waals surface area contributed by atoms with Crippen molar-refractivity contribution in [3.8, 4) is 5.75 Å². The van der Waals surface area contributed by atoms with Crippen molar-refractivity contribution in [3.63, 3.8) is 0 Å². The number of nitrogens with one attached hydrogen (secondary N) is 2. The van der Waals surface area contributed by atoms with Crippen LogP contribution in [0.1, 0.15) is 38.7 Å². The zero-order valence-corrected chi connectivity index (χ0v) is 13.5. The molecule has 1 aromatic carbocycles. The van der Waals surface area contributed by atoms with E-state index < -0.39 is 0 Å². The van der Waals surface area contributed by atoms with Crippen molar-refractivity contribution < 1.29 is 9.53 Å². The lowest BCUT2D eigenvalue weighted by molar-refractivity contribution is 0.211. The maximum Gasteiger partial charge on any atom is 0.319 e. The molecule has 1 fully saturated rings. The lowest BCUT2D eigenvalue weighted by Gasteiger charge is -2.31. The quantitative estimate of drug-likeness (QED) is 0.892. The predicted octanol–water partition coefficient (Wildman–Crippen LogP) is 3.82. The molecule has 0 bridgehead atoms. The van der Waals surface area contributed by atoms with E-state index in [4.69, 9.17) is 4.74 Å². The number of fused-ring (bicyclic) bond motifs is 1. The van der Waals surface area contributed by atoms with Crippen LogP contribution in [0.4, 0.5) is 10.5 Å². The first-order chi connectivity index (χ1) is 10.6. The van der Waals surface area contributed by atoms with Crippen molar-refractivity contribution >= 4 is 11.7 Å². The molecule has 2 N–H and O–H groups in total. The Morgan fingerprint density at radius 1 is 1.23 bits per heavy atom. The number of carbonyl (C=O) groups excluding carboxylic acids is 1. The van der Waals surface area contributed by atoms with Crippen LogP contribution in [0.5, 0.6) is 5.75 Å². The third-order valence-corrected chi connectivity index (χ3v) is 4.77. The molecule has 2 atom stereocenters. The first-order valence-corrected chi connectivity index (χ1v) is 8.40. The van der Waals surface area contributed by atoms with Crippen LogP contribution >= 0.6 is 0 Å². The number of carbonyl (C=O) groups is 1.